The molecule has 0 bridgehead atoms. The molecule has 1 aromatic heterocycles. The average Bonchev–Trinajstić information content (AvgIpc) is 3.25. The molecule has 130 valence electrons. The maximum absolute atomic E-state index is 6.17. The molecule has 0 amide bonds. The molecular formula is C20H20BrNO3. The Labute approximate surface area is 155 Å². The monoisotopic (exact) mass is 401 g/mol. The first-order valence-electron chi connectivity index (χ1n) is 8.60. The highest BCUT2D eigenvalue weighted by Gasteiger charge is 2.19. The van der Waals surface area contributed by atoms with E-state index in [1.807, 2.05) is 36.4 Å². The SMILES string of the molecule is COc1ccc(Cc2nc3cccc(Br)c3o2)cc1OC1CCCC1. The van der Waals surface area contributed by atoms with Crippen molar-refractivity contribution in [1.29, 1.82) is 0 Å². The van der Waals surface area contributed by atoms with E-state index in [-0.39, 0.29) is 0 Å². The van der Waals surface area contributed by atoms with E-state index in [9.17, 15) is 0 Å². The standard InChI is InChI=1S/C20H20BrNO3/c1-23-17-10-9-13(11-18(17)24-14-5-2-3-6-14)12-19-22-16-8-4-7-15(21)20(16)25-19/h4,7-11,14H,2-3,5-6,12H2,1H3. The van der Waals surface area contributed by atoms with Gasteiger partial charge in [0.15, 0.2) is 23.0 Å². The van der Waals surface area contributed by atoms with E-state index in [0.717, 1.165) is 45.5 Å². The van der Waals surface area contributed by atoms with Crippen LogP contribution in [0, 0.1) is 0 Å². The number of aromatic nitrogens is 1. The number of benzene rings is 2. The fourth-order valence-electron chi connectivity index (χ4n) is 3.32. The van der Waals surface area contributed by atoms with Crippen LogP contribution in [0.3, 0.4) is 0 Å². The number of hydrogen-bond donors (Lipinski definition) is 0. The van der Waals surface area contributed by atoms with Gasteiger partial charge in [-0.15, -0.1) is 0 Å². The lowest BCUT2D eigenvalue weighted by Gasteiger charge is -2.16. The van der Waals surface area contributed by atoms with Gasteiger partial charge < -0.3 is 13.9 Å². The molecule has 1 fully saturated rings. The highest BCUT2D eigenvalue weighted by atomic mass is 79.9. The Morgan fingerprint density at radius 3 is 2.76 bits per heavy atom. The fourth-order valence-corrected chi connectivity index (χ4v) is 3.76. The molecule has 1 saturated carbocycles. The first-order valence-corrected chi connectivity index (χ1v) is 9.40. The summed E-state index contributed by atoms with van der Waals surface area (Å²) in [7, 11) is 1.68. The van der Waals surface area contributed by atoms with Crippen LogP contribution < -0.4 is 9.47 Å². The first-order chi connectivity index (χ1) is 12.2. The summed E-state index contributed by atoms with van der Waals surface area (Å²) in [4.78, 5) is 4.58. The molecule has 25 heavy (non-hydrogen) atoms. The van der Waals surface area contributed by atoms with Gasteiger partial charge in [-0.25, -0.2) is 4.98 Å². The summed E-state index contributed by atoms with van der Waals surface area (Å²) in [6, 6.07) is 11.9. The number of halogens is 1. The Balaban J connectivity index is 1.59. The minimum absolute atomic E-state index is 0.296. The number of oxazole rings is 1. The second-order valence-electron chi connectivity index (χ2n) is 6.38. The molecule has 0 atom stereocenters. The molecule has 0 aliphatic heterocycles. The summed E-state index contributed by atoms with van der Waals surface area (Å²) in [5, 5.41) is 0. The molecule has 5 heteroatoms. The molecular weight excluding hydrogens is 382 g/mol. The van der Waals surface area contributed by atoms with Gasteiger partial charge in [-0.05, 0) is 71.4 Å². The summed E-state index contributed by atoms with van der Waals surface area (Å²) in [6.07, 6.45) is 5.63. The number of methoxy groups -OCH3 is 1. The maximum atomic E-state index is 6.17. The Bertz CT molecular complexity index is 884. The molecule has 1 aliphatic carbocycles. The van der Waals surface area contributed by atoms with Gasteiger partial charge in [-0.3, -0.25) is 0 Å². The topological polar surface area (TPSA) is 44.5 Å². The number of fused-ring (bicyclic) bond motifs is 1. The highest BCUT2D eigenvalue weighted by Crippen LogP contribution is 2.33. The van der Waals surface area contributed by atoms with Crippen LogP contribution in [0.4, 0.5) is 0 Å². The summed E-state index contributed by atoms with van der Waals surface area (Å²) in [6.45, 7) is 0. The first kappa shape index (κ1) is 16.5. The van der Waals surface area contributed by atoms with Gasteiger partial charge in [0.2, 0.25) is 0 Å². The van der Waals surface area contributed by atoms with Gasteiger partial charge >= 0.3 is 0 Å². The quantitative estimate of drug-likeness (QED) is 0.565. The lowest BCUT2D eigenvalue weighted by Crippen LogP contribution is -2.11. The fraction of sp³-hybridized carbons (Fsp3) is 0.350. The van der Waals surface area contributed by atoms with Crippen molar-refractivity contribution in [2.75, 3.05) is 7.11 Å². The molecule has 0 unspecified atom stereocenters. The van der Waals surface area contributed by atoms with Crippen molar-refractivity contribution >= 4 is 27.0 Å². The maximum Gasteiger partial charge on any atom is 0.199 e. The zero-order chi connectivity index (χ0) is 17.2. The molecule has 0 spiro atoms. The summed E-state index contributed by atoms with van der Waals surface area (Å²) in [5.41, 5.74) is 2.74. The smallest absolute Gasteiger partial charge is 0.199 e. The second kappa shape index (κ2) is 7.08. The van der Waals surface area contributed by atoms with E-state index in [1.165, 1.54) is 12.8 Å². The number of nitrogens with zero attached hydrogens (tertiary/aromatic N) is 1. The Morgan fingerprint density at radius 2 is 2.00 bits per heavy atom. The molecule has 4 nitrogen and oxygen atoms in total. The van der Waals surface area contributed by atoms with Crippen molar-refractivity contribution in [3.63, 3.8) is 0 Å². The van der Waals surface area contributed by atoms with Crippen LogP contribution in [0.5, 0.6) is 11.5 Å². The minimum atomic E-state index is 0.296. The molecule has 0 radical (unpaired) electrons. The molecule has 3 aromatic rings. The van der Waals surface area contributed by atoms with Crippen molar-refractivity contribution in [2.45, 2.75) is 38.2 Å². The summed E-state index contributed by atoms with van der Waals surface area (Å²) in [5.74, 6) is 2.28. The van der Waals surface area contributed by atoms with E-state index in [4.69, 9.17) is 13.9 Å². The Morgan fingerprint density at radius 1 is 1.16 bits per heavy atom. The van der Waals surface area contributed by atoms with Crippen LogP contribution in [0.25, 0.3) is 11.1 Å². The van der Waals surface area contributed by atoms with E-state index >= 15 is 0 Å². The summed E-state index contributed by atoms with van der Waals surface area (Å²) >= 11 is 3.50. The van der Waals surface area contributed by atoms with E-state index in [2.05, 4.69) is 20.9 Å². The van der Waals surface area contributed by atoms with Crippen LogP contribution in [-0.2, 0) is 6.42 Å². The van der Waals surface area contributed by atoms with Crippen LogP contribution in [0.2, 0.25) is 0 Å². The lowest BCUT2D eigenvalue weighted by atomic mass is 10.1. The lowest BCUT2D eigenvalue weighted by molar-refractivity contribution is 0.200. The third kappa shape index (κ3) is 3.52. The molecule has 2 aromatic carbocycles. The number of hydrogen-bond acceptors (Lipinski definition) is 4. The minimum Gasteiger partial charge on any atom is -0.493 e. The van der Waals surface area contributed by atoms with Crippen molar-refractivity contribution in [3.8, 4) is 11.5 Å². The summed E-state index contributed by atoms with van der Waals surface area (Å²) < 4.78 is 18.4. The van der Waals surface area contributed by atoms with E-state index in [1.54, 1.807) is 7.11 Å². The van der Waals surface area contributed by atoms with Gasteiger partial charge in [-0.2, -0.15) is 0 Å². The van der Waals surface area contributed by atoms with Crippen LogP contribution >= 0.6 is 15.9 Å². The zero-order valence-electron chi connectivity index (χ0n) is 14.1. The molecule has 1 aliphatic rings. The zero-order valence-corrected chi connectivity index (χ0v) is 15.7. The molecule has 0 N–H and O–H groups in total. The predicted molar refractivity (Wildman–Crippen MR) is 100 cm³/mol. The molecule has 0 saturated heterocycles. The third-order valence-electron chi connectivity index (χ3n) is 4.59. The second-order valence-corrected chi connectivity index (χ2v) is 7.24. The van der Waals surface area contributed by atoms with E-state index in [0.29, 0.717) is 18.4 Å². The third-order valence-corrected chi connectivity index (χ3v) is 5.21. The van der Waals surface area contributed by atoms with Gasteiger partial charge in [0.1, 0.15) is 5.52 Å². The van der Waals surface area contributed by atoms with Crippen LogP contribution in [0.1, 0.15) is 37.1 Å². The number of para-hydroxylation sites is 1. The highest BCUT2D eigenvalue weighted by molar-refractivity contribution is 9.10. The van der Waals surface area contributed by atoms with Crippen molar-refractivity contribution in [2.24, 2.45) is 0 Å². The molecule has 4 rings (SSSR count). The van der Waals surface area contributed by atoms with Crippen LogP contribution in [0.15, 0.2) is 45.3 Å². The van der Waals surface area contributed by atoms with Gasteiger partial charge in [0.05, 0.1) is 17.7 Å². The predicted octanol–water partition coefficient (Wildman–Crippen LogP) is 5.51. The van der Waals surface area contributed by atoms with Crippen molar-refractivity contribution in [3.05, 3.63) is 52.3 Å². The average molecular weight is 402 g/mol. The van der Waals surface area contributed by atoms with Crippen LogP contribution in [-0.4, -0.2) is 18.2 Å². The van der Waals surface area contributed by atoms with E-state index < -0.39 is 0 Å². The largest absolute Gasteiger partial charge is 0.493 e. The van der Waals surface area contributed by atoms with Crippen molar-refractivity contribution < 1.29 is 13.9 Å². The Kier molecular flexibility index (Phi) is 4.66. The Hall–Kier alpha value is -2.01. The van der Waals surface area contributed by atoms with Crippen molar-refractivity contribution in [1.82, 2.24) is 4.98 Å². The van der Waals surface area contributed by atoms with Gasteiger partial charge in [-0.1, -0.05) is 12.1 Å². The van der Waals surface area contributed by atoms with Gasteiger partial charge in [0.25, 0.3) is 0 Å². The number of ether oxygens (including phenoxy) is 2. The number of rotatable bonds is 5. The molecule has 1 heterocycles. The normalized spacial score (nSPS) is 15.0. The van der Waals surface area contributed by atoms with Gasteiger partial charge in [0, 0.05) is 6.42 Å².